The van der Waals surface area contributed by atoms with Gasteiger partial charge in [0.1, 0.15) is 0 Å². The van der Waals surface area contributed by atoms with Gasteiger partial charge in [0.25, 0.3) is 5.91 Å². The number of carbonyl (C=O) groups is 1. The molecule has 3 aromatic rings. The van der Waals surface area contributed by atoms with Crippen molar-refractivity contribution in [2.24, 2.45) is 5.10 Å². The van der Waals surface area contributed by atoms with E-state index in [9.17, 15) is 4.79 Å². The Balaban J connectivity index is 1.74. The molecule has 5 nitrogen and oxygen atoms in total. The van der Waals surface area contributed by atoms with Gasteiger partial charge >= 0.3 is 0 Å². The Labute approximate surface area is 126 Å². The van der Waals surface area contributed by atoms with Gasteiger partial charge in [-0.15, -0.1) is 0 Å². The monoisotopic (exact) mass is 288 g/mol. The Morgan fingerprint density at radius 1 is 1.00 bits per heavy atom. The number of aromatic nitrogens is 1. The molecule has 106 valence electrons. The van der Waals surface area contributed by atoms with Gasteiger partial charge < -0.3 is 5.32 Å². The van der Waals surface area contributed by atoms with Crippen molar-refractivity contribution < 1.29 is 4.79 Å². The van der Waals surface area contributed by atoms with E-state index in [1.807, 2.05) is 54.6 Å². The standard InChI is InChI=1S/C17H12N4O/c22-17-16(12-7-1-2-8-13(12)19-17)21-20-14-9-3-5-11-6-4-10-18-15(11)14/h1-10,20H,(H,19,21,22). The van der Waals surface area contributed by atoms with E-state index in [0.717, 1.165) is 27.8 Å². The zero-order valence-corrected chi connectivity index (χ0v) is 11.6. The first kappa shape index (κ1) is 12.5. The number of amides is 1. The highest BCUT2D eigenvalue weighted by atomic mass is 16.2. The Bertz CT molecular complexity index is 912. The Hall–Kier alpha value is -3.21. The number of benzene rings is 2. The van der Waals surface area contributed by atoms with Crippen LogP contribution >= 0.6 is 0 Å². The molecule has 0 bridgehead atoms. The molecule has 0 unspecified atom stereocenters. The Kier molecular flexibility index (Phi) is 2.83. The Morgan fingerprint density at radius 3 is 2.82 bits per heavy atom. The summed E-state index contributed by atoms with van der Waals surface area (Å²) >= 11 is 0. The summed E-state index contributed by atoms with van der Waals surface area (Å²) in [5, 5.41) is 8.09. The molecule has 22 heavy (non-hydrogen) atoms. The van der Waals surface area contributed by atoms with Gasteiger partial charge in [-0.05, 0) is 18.2 Å². The lowest BCUT2D eigenvalue weighted by Gasteiger charge is -2.05. The van der Waals surface area contributed by atoms with Crippen LogP contribution in [0.4, 0.5) is 11.4 Å². The first-order valence-corrected chi connectivity index (χ1v) is 6.91. The lowest BCUT2D eigenvalue weighted by atomic mass is 10.1. The predicted octanol–water partition coefficient (Wildman–Crippen LogP) is 3.00. The van der Waals surface area contributed by atoms with Crippen LogP contribution in [0.25, 0.3) is 10.9 Å². The minimum atomic E-state index is -0.207. The summed E-state index contributed by atoms with van der Waals surface area (Å²) in [6.45, 7) is 0. The van der Waals surface area contributed by atoms with E-state index in [1.165, 1.54) is 0 Å². The van der Waals surface area contributed by atoms with Crippen molar-refractivity contribution >= 4 is 33.9 Å². The fourth-order valence-corrected chi connectivity index (χ4v) is 2.52. The fourth-order valence-electron chi connectivity index (χ4n) is 2.52. The van der Waals surface area contributed by atoms with Crippen molar-refractivity contribution in [2.75, 3.05) is 10.7 Å². The number of nitrogens with one attached hydrogen (secondary N) is 2. The number of fused-ring (bicyclic) bond motifs is 2. The molecule has 0 aliphatic carbocycles. The van der Waals surface area contributed by atoms with Crippen LogP contribution in [0.2, 0.25) is 0 Å². The maximum Gasteiger partial charge on any atom is 0.276 e. The molecule has 2 N–H and O–H groups in total. The van der Waals surface area contributed by atoms with Crippen LogP contribution in [0.3, 0.4) is 0 Å². The molecular formula is C17H12N4O. The van der Waals surface area contributed by atoms with E-state index < -0.39 is 0 Å². The number of para-hydroxylation sites is 2. The molecule has 1 amide bonds. The molecular weight excluding hydrogens is 276 g/mol. The normalized spacial score (nSPS) is 14.9. The quantitative estimate of drug-likeness (QED) is 0.712. The van der Waals surface area contributed by atoms with Crippen molar-refractivity contribution in [2.45, 2.75) is 0 Å². The van der Waals surface area contributed by atoms with Gasteiger partial charge in [0.15, 0.2) is 5.71 Å². The third kappa shape index (κ3) is 2.00. The molecule has 2 heterocycles. The highest BCUT2D eigenvalue weighted by Crippen LogP contribution is 2.24. The van der Waals surface area contributed by atoms with E-state index in [0.29, 0.717) is 5.71 Å². The van der Waals surface area contributed by atoms with Gasteiger partial charge in [0.2, 0.25) is 0 Å². The van der Waals surface area contributed by atoms with Crippen molar-refractivity contribution in [1.82, 2.24) is 4.98 Å². The summed E-state index contributed by atoms with van der Waals surface area (Å²) in [5.74, 6) is -0.207. The highest BCUT2D eigenvalue weighted by molar-refractivity contribution is 6.53. The van der Waals surface area contributed by atoms with Gasteiger partial charge in [-0.3, -0.25) is 15.2 Å². The number of carbonyl (C=O) groups excluding carboxylic acids is 1. The number of rotatable bonds is 2. The maximum atomic E-state index is 12.0. The second kappa shape index (κ2) is 4.96. The summed E-state index contributed by atoms with van der Waals surface area (Å²) in [6, 6.07) is 17.2. The predicted molar refractivity (Wildman–Crippen MR) is 87.0 cm³/mol. The molecule has 1 aromatic heterocycles. The van der Waals surface area contributed by atoms with Crippen LogP contribution in [0.5, 0.6) is 0 Å². The van der Waals surface area contributed by atoms with Gasteiger partial charge in [0.05, 0.1) is 16.9 Å². The van der Waals surface area contributed by atoms with Gasteiger partial charge in [-0.25, -0.2) is 0 Å². The topological polar surface area (TPSA) is 66.4 Å². The molecule has 0 spiro atoms. The van der Waals surface area contributed by atoms with Crippen molar-refractivity contribution in [1.29, 1.82) is 0 Å². The Morgan fingerprint density at radius 2 is 1.86 bits per heavy atom. The smallest absolute Gasteiger partial charge is 0.276 e. The first-order chi connectivity index (χ1) is 10.8. The molecule has 0 atom stereocenters. The average molecular weight is 288 g/mol. The highest BCUT2D eigenvalue weighted by Gasteiger charge is 2.25. The third-order valence-corrected chi connectivity index (χ3v) is 3.57. The molecule has 0 saturated heterocycles. The number of hydrazone groups is 1. The molecule has 1 aliphatic heterocycles. The van der Waals surface area contributed by atoms with Crippen molar-refractivity contribution in [3.63, 3.8) is 0 Å². The van der Waals surface area contributed by atoms with Crippen molar-refractivity contribution in [3.8, 4) is 0 Å². The van der Waals surface area contributed by atoms with Gasteiger partial charge in [-0.2, -0.15) is 5.10 Å². The first-order valence-electron chi connectivity index (χ1n) is 6.91. The second-order valence-electron chi connectivity index (χ2n) is 4.95. The van der Waals surface area contributed by atoms with Crippen LogP contribution < -0.4 is 10.7 Å². The van der Waals surface area contributed by atoms with E-state index in [-0.39, 0.29) is 5.91 Å². The molecule has 0 saturated carbocycles. The maximum absolute atomic E-state index is 12.0. The number of pyridine rings is 1. The molecule has 5 heteroatoms. The van der Waals surface area contributed by atoms with E-state index in [2.05, 4.69) is 20.8 Å². The SMILES string of the molecule is O=C1Nc2ccccc2/C1=N\Nc1cccc2cccnc12. The lowest BCUT2D eigenvalue weighted by Crippen LogP contribution is -2.15. The number of anilines is 2. The van der Waals surface area contributed by atoms with Crippen LogP contribution in [0.15, 0.2) is 65.9 Å². The summed E-state index contributed by atoms with van der Waals surface area (Å²) in [7, 11) is 0. The molecule has 0 fully saturated rings. The van der Waals surface area contributed by atoms with E-state index >= 15 is 0 Å². The molecule has 0 radical (unpaired) electrons. The number of nitrogens with zero attached hydrogens (tertiary/aromatic N) is 2. The zero-order valence-electron chi connectivity index (χ0n) is 11.6. The van der Waals surface area contributed by atoms with E-state index in [4.69, 9.17) is 0 Å². The minimum absolute atomic E-state index is 0.207. The minimum Gasteiger partial charge on any atom is -0.320 e. The third-order valence-electron chi connectivity index (χ3n) is 3.57. The summed E-state index contributed by atoms with van der Waals surface area (Å²) in [5.41, 5.74) is 6.51. The lowest BCUT2D eigenvalue weighted by molar-refractivity contribution is -0.110. The fraction of sp³-hybridized carbons (Fsp3) is 0. The largest absolute Gasteiger partial charge is 0.320 e. The average Bonchev–Trinajstić information content (AvgIpc) is 2.88. The number of hydrogen-bond acceptors (Lipinski definition) is 4. The summed E-state index contributed by atoms with van der Waals surface area (Å²) in [4.78, 5) is 16.4. The van der Waals surface area contributed by atoms with Crippen LogP contribution in [0, 0.1) is 0 Å². The zero-order chi connectivity index (χ0) is 14.9. The second-order valence-corrected chi connectivity index (χ2v) is 4.95. The summed E-state index contributed by atoms with van der Waals surface area (Å²) < 4.78 is 0. The van der Waals surface area contributed by atoms with Gasteiger partial charge in [-0.1, -0.05) is 36.4 Å². The van der Waals surface area contributed by atoms with Crippen LogP contribution in [-0.4, -0.2) is 16.6 Å². The number of hydrogen-bond donors (Lipinski definition) is 2. The summed E-state index contributed by atoms with van der Waals surface area (Å²) in [6.07, 6.45) is 1.73. The van der Waals surface area contributed by atoms with Crippen LogP contribution in [-0.2, 0) is 4.79 Å². The molecule has 1 aliphatic rings. The molecule has 2 aromatic carbocycles. The van der Waals surface area contributed by atoms with Crippen LogP contribution in [0.1, 0.15) is 5.56 Å². The van der Waals surface area contributed by atoms with Gasteiger partial charge in [0, 0.05) is 17.1 Å². The van der Waals surface area contributed by atoms with E-state index in [1.54, 1.807) is 6.20 Å². The van der Waals surface area contributed by atoms with Crippen molar-refractivity contribution in [3.05, 3.63) is 66.4 Å². The molecule has 4 rings (SSSR count).